The van der Waals surface area contributed by atoms with Gasteiger partial charge in [0, 0.05) is 6.54 Å². The summed E-state index contributed by atoms with van der Waals surface area (Å²) in [5, 5.41) is 14.2. The number of hydrogen-bond acceptors (Lipinski definition) is 3. The van der Waals surface area contributed by atoms with Crippen LogP contribution in [0.15, 0.2) is 0 Å². The lowest BCUT2D eigenvalue weighted by atomic mass is 9.99. The van der Waals surface area contributed by atoms with Crippen LogP contribution in [0.3, 0.4) is 0 Å². The first kappa shape index (κ1) is 10.0. The summed E-state index contributed by atoms with van der Waals surface area (Å²) in [6.45, 7) is 3.26. The van der Waals surface area contributed by atoms with Gasteiger partial charge in [-0.15, -0.1) is 0 Å². The molecule has 0 radical (unpaired) electrons. The van der Waals surface area contributed by atoms with E-state index in [2.05, 4.69) is 10.6 Å². The Hall–Kier alpha value is -1.08. The maximum Gasteiger partial charge on any atom is 0.240 e. The van der Waals surface area contributed by atoms with E-state index in [1.54, 1.807) is 0 Å². The molecule has 1 aliphatic heterocycles. The fourth-order valence-corrected chi connectivity index (χ4v) is 1.52. The minimum atomic E-state index is -0.407. The molecule has 4 nitrogen and oxygen atoms in total. The summed E-state index contributed by atoms with van der Waals surface area (Å²) in [6.07, 6.45) is 2.30. The number of hydrogen-bond donors (Lipinski definition) is 2. The van der Waals surface area contributed by atoms with Crippen molar-refractivity contribution in [3.63, 3.8) is 0 Å². The zero-order chi connectivity index (χ0) is 9.73. The van der Waals surface area contributed by atoms with Gasteiger partial charge >= 0.3 is 0 Å². The van der Waals surface area contributed by atoms with Gasteiger partial charge in [-0.05, 0) is 26.3 Å². The first-order valence-electron chi connectivity index (χ1n) is 4.59. The average Bonchev–Trinajstić information content (AvgIpc) is 2.54. The molecule has 4 heteroatoms. The molecule has 0 bridgehead atoms. The number of nitrogens with one attached hydrogen (secondary N) is 2. The molecule has 1 rings (SSSR count). The molecule has 1 fully saturated rings. The predicted molar refractivity (Wildman–Crippen MR) is 48.9 cm³/mol. The van der Waals surface area contributed by atoms with Gasteiger partial charge in [0.1, 0.15) is 0 Å². The highest BCUT2D eigenvalue weighted by atomic mass is 16.2. The Morgan fingerprint density at radius 3 is 3.08 bits per heavy atom. The van der Waals surface area contributed by atoms with E-state index in [9.17, 15) is 4.79 Å². The molecule has 1 atom stereocenters. The third kappa shape index (κ3) is 2.43. The van der Waals surface area contributed by atoms with Crippen LogP contribution in [0.25, 0.3) is 0 Å². The molecule has 0 spiro atoms. The highest BCUT2D eigenvalue weighted by Crippen LogP contribution is 2.18. The Bertz CT molecular complexity index is 226. The van der Waals surface area contributed by atoms with Crippen molar-refractivity contribution < 1.29 is 4.79 Å². The molecule has 0 aromatic carbocycles. The van der Waals surface area contributed by atoms with Crippen LogP contribution in [0, 0.1) is 11.3 Å². The zero-order valence-electron chi connectivity index (χ0n) is 7.89. The van der Waals surface area contributed by atoms with Crippen molar-refractivity contribution in [3.05, 3.63) is 0 Å². The third-order valence-electron chi connectivity index (χ3n) is 2.39. The number of carbonyl (C=O) groups excluding carboxylic acids is 1. The van der Waals surface area contributed by atoms with E-state index in [0.29, 0.717) is 13.0 Å². The van der Waals surface area contributed by atoms with Crippen LogP contribution >= 0.6 is 0 Å². The van der Waals surface area contributed by atoms with E-state index in [1.165, 1.54) is 0 Å². The second-order valence-corrected chi connectivity index (χ2v) is 3.53. The van der Waals surface area contributed by atoms with Crippen LogP contribution in [0.5, 0.6) is 0 Å². The van der Waals surface area contributed by atoms with Crippen molar-refractivity contribution in [2.24, 2.45) is 0 Å². The predicted octanol–water partition coefficient (Wildman–Crippen LogP) is 0.158. The van der Waals surface area contributed by atoms with Gasteiger partial charge in [0.25, 0.3) is 0 Å². The summed E-state index contributed by atoms with van der Waals surface area (Å²) < 4.78 is 0. The molecule has 0 saturated carbocycles. The number of amides is 1. The molecule has 1 aliphatic rings. The zero-order valence-corrected chi connectivity index (χ0v) is 7.89. The highest BCUT2D eigenvalue weighted by Gasteiger charge is 2.35. The van der Waals surface area contributed by atoms with Crippen LogP contribution in [0.2, 0.25) is 0 Å². The van der Waals surface area contributed by atoms with E-state index in [4.69, 9.17) is 5.26 Å². The molecule has 1 unspecified atom stereocenters. The van der Waals surface area contributed by atoms with E-state index in [0.717, 1.165) is 19.4 Å². The standard InChI is InChI=1S/C9H15N3O/c1-9(4-2-7-12-9)8(13)11-6-3-5-10/h12H,2-4,6-7H2,1H3,(H,11,13). The highest BCUT2D eigenvalue weighted by molar-refractivity contribution is 5.86. The van der Waals surface area contributed by atoms with Gasteiger partial charge in [0.05, 0.1) is 18.0 Å². The summed E-state index contributed by atoms with van der Waals surface area (Å²) in [7, 11) is 0. The van der Waals surface area contributed by atoms with Crippen molar-refractivity contribution in [2.75, 3.05) is 13.1 Å². The summed E-state index contributed by atoms with van der Waals surface area (Å²) in [5.41, 5.74) is -0.407. The van der Waals surface area contributed by atoms with E-state index < -0.39 is 5.54 Å². The fraction of sp³-hybridized carbons (Fsp3) is 0.778. The molecule has 0 aliphatic carbocycles. The Morgan fingerprint density at radius 1 is 1.77 bits per heavy atom. The van der Waals surface area contributed by atoms with Crippen LogP contribution in [-0.4, -0.2) is 24.5 Å². The van der Waals surface area contributed by atoms with Gasteiger partial charge in [0.2, 0.25) is 5.91 Å². The van der Waals surface area contributed by atoms with E-state index in [-0.39, 0.29) is 5.91 Å². The first-order valence-corrected chi connectivity index (χ1v) is 4.59. The third-order valence-corrected chi connectivity index (χ3v) is 2.39. The lowest BCUT2D eigenvalue weighted by molar-refractivity contribution is -0.126. The SMILES string of the molecule is CC1(C(=O)NCCC#N)CCCN1. The van der Waals surface area contributed by atoms with Crippen LogP contribution in [-0.2, 0) is 4.79 Å². The smallest absolute Gasteiger partial charge is 0.240 e. The monoisotopic (exact) mass is 181 g/mol. The van der Waals surface area contributed by atoms with Gasteiger partial charge in [-0.2, -0.15) is 5.26 Å². The summed E-state index contributed by atoms with van der Waals surface area (Å²) >= 11 is 0. The van der Waals surface area contributed by atoms with Crippen molar-refractivity contribution >= 4 is 5.91 Å². The van der Waals surface area contributed by atoms with Crippen molar-refractivity contribution in [2.45, 2.75) is 31.7 Å². The molecular weight excluding hydrogens is 166 g/mol. The molecular formula is C9H15N3O. The normalized spacial score (nSPS) is 26.8. The minimum Gasteiger partial charge on any atom is -0.353 e. The second-order valence-electron chi connectivity index (χ2n) is 3.53. The summed E-state index contributed by atoms with van der Waals surface area (Å²) in [5.74, 6) is 0.0141. The van der Waals surface area contributed by atoms with Crippen LogP contribution in [0.4, 0.5) is 0 Å². The van der Waals surface area contributed by atoms with Gasteiger partial charge in [0.15, 0.2) is 0 Å². The molecule has 1 amide bonds. The number of rotatable bonds is 3. The Balaban J connectivity index is 2.34. The molecule has 1 saturated heterocycles. The lowest BCUT2D eigenvalue weighted by Gasteiger charge is -2.22. The molecule has 1 heterocycles. The van der Waals surface area contributed by atoms with E-state index in [1.807, 2.05) is 13.0 Å². The van der Waals surface area contributed by atoms with Crippen molar-refractivity contribution in [3.8, 4) is 6.07 Å². The quantitative estimate of drug-likeness (QED) is 0.609. The molecule has 0 aromatic rings. The topological polar surface area (TPSA) is 64.9 Å². The number of nitriles is 1. The first-order chi connectivity index (χ1) is 6.19. The Labute approximate surface area is 78.3 Å². The average molecular weight is 181 g/mol. The number of nitrogens with zero attached hydrogens (tertiary/aromatic N) is 1. The van der Waals surface area contributed by atoms with Gasteiger partial charge in [-0.25, -0.2) is 0 Å². The van der Waals surface area contributed by atoms with Gasteiger partial charge in [-0.3, -0.25) is 4.79 Å². The summed E-state index contributed by atoms with van der Waals surface area (Å²) in [6, 6.07) is 1.99. The van der Waals surface area contributed by atoms with Gasteiger partial charge in [-0.1, -0.05) is 0 Å². The molecule has 2 N–H and O–H groups in total. The second kappa shape index (κ2) is 4.24. The van der Waals surface area contributed by atoms with E-state index >= 15 is 0 Å². The Morgan fingerprint density at radius 2 is 2.54 bits per heavy atom. The van der Waals surface area contributed by atoms with Crippen molar-refractivity contribution in [1.82, 2.24) is 10.6 Å². The summed E-state index contributed by atoms with van der Waals surface area (Å²) in [4.78, 5) is 11.6. The number of carbonyl (C=O) groups is 1. The molecule has 13 heavy (non-hydrogen) atoms. The van der Waals surface area contributed by atoms with Crippen LogP contribution < -0.4 is 10.6 Å². The lowest BCUT2D eigenvalue weighted by Crippen LogP contribution is -2.51. The van der Waals surface area contributed by atoms with Crippen molar-refractivity contribution in [1.29, 1.82) is 5.26 Å². The van der Waals surface area contributed by atoms with Gasteiger partial charge < -0.3 is 10.6 Å². The maximum atomic E-state index is 11.6. The maximum absolute atomic E-state index is 11.6. The largest absolute Gasteiger partial charge is 0.353 e. The molecule has 72 valence electrons. The molecule has 0 aromatic heterocycles. The van der Waals surface area contributed by atoms with Crippen LogP contribution in [0.1, 0.15) is 26.2 Å². The fourth-order valence-electron chi connectivity index (χ4n) is 1.52. The Kier molecular flexibility index (Phi) is 3.26. The minimum absolute atomic E-state index is 0.0141.